The highest BCUT2D eigenvalue weighted by molar-refractivity contribution is 6.30. The minimum absolute atomic E-state index is 0.0693. The van der Waals surface area contributed by atoms with Gasteiger partial charge < -0.3 is 10.1 Å². The summed E-state index contributed by atoms with van der Waals surface area (Å²) < 4.78 is 5.42. The highest BCUT2D eigenvalue weighted by atomic mass is 35.5. The Balaban J connectivity index is 1.78. The summed E-state index contributed by atoms with van der Waals surface area (Å²) in [6.07, 6.45) is 0.332. The molecule has 0 fully saturated rings. The Kier molecular flexibility index (Phi) is 6.82. The molecule has 0 aliphatic heterocycles. The van der Waals surface area contributed by atoms with Crippen LogP contribution in [0, 0.1) is 0 Å². The fourth-order valence-electron chi connectivity index (χ4n) is 2.21. The summed E-state index contributed by atoms with van der Waals surface area (Å²) in [4.78, 5) is 23.9. The maximum absolute atomic E-state index is 12.0. The molecule has 2 rings (SSSR count). The second-order valence-corrected chi connectivity index (χ2v) is 5.72. The first kappa shape index (κ1) is 18.0. The number of hydrogen-bond donors (Lipinski definition) is 1. The van der Waals surface area contributed by atoms with Crippen LogP contribution >= 0.6 is 11.6 Å². The van der Waals surface area contributed by atoms with Crippen molar-refractivity contribution >= 4 is 23.3 Å². The molecule has 0 spiro atoms. The van der Waals surface area contributed by atoms with E-state index < -0.39 is 0 Å². The van der Waals surface area contributed by atoms with Gasteiger partial charge in [-0.15, -0.1) is 0 Å². The van der Waals surface area contributed by atoms with Gasteiger partial charge in [0, 0.05) is 30.0 Å². The molecule has 2 aromatic rings. The van der Waals surface area contributed by atoms with Crippen molar-refractivity contribution in [1.82, 2.24) is 5.32 Å². The Morgan fingerprint density at radius 1 is 1.08 bits per heavy atom. The van der Waals surface area contributed by atoms with E-state index in [4.69, 9.17) is 16.3 Å². The summed E-state index contributed by atoms with van der Waals surface area (Å²) in [7, 11) is 0. The molecule has 24 heavy (non-hydrogen) atoms. The van der Waals surface area contributed by atoms with Crippen molar-refractivity contribution in [2.45, 2.75) is 26.3 Å². The normalized spacial score (nSPS) is 10.2. The summed E-state index contributed by atoms with van der Waals surface area (Å²) >= 11 is 5.79. The molecule has 0 aliphatic rings. The van der Waals surface area contributed by atoms with Crippen molar-refractivity contribution in [3.05, 3.63) is 64.7 Å². The summed E-state index contributed by atoms with van der Waals surface area (Å²) in [5, 5.41) is 3.40. The van der Waals surface area contributed by atoms with Gasteiger partial charge in [-0.2, -0.15) is 0 Å². The summed E-state index contributed by atoms with van der Waals surface area (Å²) in [5.74, 6) is 0.557. The van der Waals surface area contributed by atoms with E-state index in [2.05, 4.69) is 5.32 Å². The third-order valence-corrected chi connectivity index (χ3v) is 3.70. The molecule has 0 heterocycles. The van der Waals surface area contributed by atoms with Crippen molar-refractivity contribution in [1.29, 1.82) is 0 Å². The van der Waals surface area contributed by atoms with E-state index >= 15 is 0 Å². The first-order valence-electron chi connectivity index (χ1n) is 7.85. The Bertz CT molecular complexity index is 698. The number of carbonyl (C=O) groups excluding carboxylic acids is 2. The molecule has 0 bridgehead atoms. The third-order valence-electron chi connectivity index (χ3n) is 3.44. The zero-order chi connectivity index (χ0) is 17.4. The van der Waals surface area contributed by atoms with Gasteiger partial charge in [0.2, 0.25) is 5.91 Å². The molecule has 0 aromatic heterocycles. The lowest BCUT2D eigenvalue weighted by Gasteiger charge is -2.08. The Hall–Kier alpha value is -2.33. The monoisotopic (exact) mass is 345 g/mol. The minimum atomic E-state index is -0.154. The Labute approximate surface area is 146 Å². The fraction of sp³-hybridized carbons (Fsp3) is 0.263. The smallest absolute Gasteiger partial charge is 0.220 e. The molecular weight excluding hydrogens is 326 g/mol. The van der Waals surface area contributed by atoms with Crippen LogP contribution in [0.5, 0.6) is 5.75 Å². The number of ether oxygens (including phenoxy) is 1. The second kappa shape index (κ2) is 9.08. The Morgan fingerprint density at radius 3 is 2.54 bits per heavy atom. The van der Waals surface area contributed by atoms with Crippen LogP contribution in [-0.2, 0) is 11.3 Å². The molecule has 4 nitrogen and oxygen atoms in total. The Morgan fingerprint density at radius 2 is 1.83 bits per heavy atom. The number of rotatable bonds is 8. The second-order valence-electron chi connectivity index (χ2n) is 5.29. The predicted octanol–water partition coefficient (Wildman–Crippen LogP) is 4.02. The quantitative estimate of drug-likeness (QED) is 0.735. The van der Waals surface area contributed by atoms with Crippen LogP contribution in [0.25, 0.3) is 0 Å². The topological polar surface area (TPSA) is 55.4 Å². The maximum Gasteiger partial charge on any atom is 0.220 e. The molecule has 0 radical (unpaired) electrons. The lowest BCUT2D eigenvalue weighted by atomic mass is 10.1. The highest BCUT2D eigenvalue weighted by Crippen LogP contribution is 2.14. The first-order chi connectivity index (χ1) is 11.6. The van der Waals surface area contributed by atoms with E-state index in [0.29, 0.717) is 23.7 Å². The van der Waals surface area contributed by atoms with Crippen molar-refractivity contribution in [3.8, 4) is 5.75 Å². The van der Waals surface area contributed by atoms with E-state index in [1.54, 1.807) is 24.3 Å². The lowest BCUT2D eigenvalue weighted by Crippen LogP contribution is -2.23. The molecule has 1 N–H and O–H groups in total. The van der Waals surface area contributed by atoms with Gasteiger partial charge in [0.05, 0.1) is 6.61 Å². The molecule has 0 saturated heterocycles. The highest BCUT2D eigenvalue weighted by Gasteiger charge is 2.09. The summed E-state index contributed by atoms with van der Waals surface area (Å²) in [5.41, 5.74) is 1.52. The number of halogens is 1. The van der Waals surface area contributed by atoms with E-state index in [1.165, 1.54) is 0 Å². The van der Waals surface area contributed by atoms with Gasteiger partial charge in [-0.1, -0.05) is 23.7 Å². The van der Waals surface area contributed by atoms with E-state index in [9.17, 15) is 9.59 Å². The van der Waals surface area contributed by atoms with Gasteiger partial charge in [0.1, 0.15) is 5.75 Å². The van der Waals surface area contributed by atoms with Crippen molar-refractivity contribution < 1.29 is 14.3 Å². The van der Waals surface area contributed by atoms with Crippen LogP contribution in [0.4, 0.5) is 0 Å². The predicted molar refractivity (Wildman–Crippen MR) is 94.5 cm³/mol. The van der Waals surface area contributed by atoms with Crippen molar-refractivity contribution in [3.63, 3.8) is 0 Å². The molecule has 0 aliphatic carbocycles. The average molecular weight is 346 g/mol. The molecule has 0 atom stereocenters. The number of amides is 1. The van der Waals surface area contributed by atoms with E-state index in [1.807, 2.05) is 31.2 Å². The van der Waals surface area contributed by atoms with Gasteiger partial charge >= 0.3 is 0 Å². The number of nitrogens with one attached hydrogen (secondary N) is 1. The van der Waals surface area contributed by atoms with Crippen LogP contribution in [0.15, 0.2) is 48.5 Å². The first-order valence-corrected chi connectivity index (χ1v) is 8.23. The summed E-state index contributed by atoms with van der Waals surface area (Å²) in [6.45, 7) is 2.93. The van der Waals surface area contributed by atoms with Crippen LogP contribution in [0.3, 0.4) is 0 Å². The zero-order valence-electron chi connectivity index (χ0n) is 13.5. The molecule has 126 valence electrons. The van der Waals surface area contributed by atoms with Crippen LogP contribution in [0.1, 0.15) is 35.7 Å². The van der Waals surface area contributed by atoms with Crippen LogP contribution in [0.2, 0.25) is 5.02 Å². The number of carbonyl (C=O) groups is 2. The molecule has 1 amide bonds. The number of Topliss-reactive ketones (excluding diaryl/α,β-unsaturated/α-hetero) is 1. The molecule has 0 saturated carbocycles. The maximum atomic E-state index is 12.0. The summed E-state index contributed by atoms with van der Waals surface area (Å²) in [6, 6.07) is 14.2. The largest absolute Gasteiger partial charge is 0.494 e. The average Bonchev–Trinajstić information content (AvgIpc) is 2.59. The standard InChI is InChI=1S/C19H20ClNO3/c1-2-24-17-5-3-4-14(12-17)13-21-19(23)11-10-18(22)15-6-8-16(20)9-7-15/h3-9,12H,2,10-11,13H2,1H3,(H,21,23). The van der Waals surface area contributed by atoms with Gasteiger partial charge in [-0.25, -0.2) is 0 Å². The zero-order valence-corrected chi connectivity index (χ0v) is 14.3. The van der Waals surface area contributed by atoms with Crippen molar-refractivity contribution in [2.24, 2.45) is 0 Å². The number of hydrogen-bond acceptors (Lipinski definition) is 3. The third kappa shape index (κ3) is 5.70. The lowest BCUT2D eigenvalue weighted by molar-refractivity contribution is -0.121. The SMILES string of the molecule is CCOc1cccc(CNC(=O)CCC(=O)c2ccc(Cl)cc2)c1. The molecule has 0 unspecified atom stereocenters. The van der Waals surface area contributed by atoms with E-state index in [-0.39, 0.29) is 24.5 Å². The fourth-order valence-corrected chi connectivity index (χ4v) is 2.33. The van der Waals surface area contributed by atoms with Crippen molar-refractivity contribution in [2.75, 3.05) is 6.61 Å². The van der Waals surface area contributed by atoms with Gasteiger partial charge in [-0.05, 0) is 48.9 Å². The van der Waals surface area contributed by atoms with Crippen LogP contribution < -0.4 is 10.1 Å². The molecule has 5 heteroatoms. The number of benzene rings is 2. The van der Waals surface area contributed by atoms with Gasteiger partial charge in [0.25, 0.3) is 0 Å². The van der Waals surface area contributed by atoms with Gasteiger partial charge in [-0.3, -0.25) is 9.59 Å². The molecular formula is C19H20ClNO3. The van der Waals surface area contributed by atoms with Gasteiger partial charge in [0.15, 0.2) is 5.78 Å². The molecule has 2 aromatic carbocycles. The van der Waals surface area contributed by atoms with Crippen LogP contribution in [-0.4, -0.2) is 18.3 Å². The number of ketones is 1. The minimum Gasteiger partial charge on any atom is -0.494 e. The van der Waals surface area contributed by atoms with E-state index in [0.717, 1.165) is 11.3 Å².